The molecule has 0 spiro atoms. The van der Waals surface area contributed by atoms with Crippen LogP contribution in [-0.4, -0.2) is 94.3 Å². The predicted octanol–water partition coefficient (Wildman–Crippen LogP) is -2.59. The minimum Gasteiger partial charge on any atom is -0.455 e. The summed E-state index contributed by atoms with van der Waals surface area (Å²) in [5, 5.41) is 39.8. The summed E-state index contributed by atoms with van der Waals surface area (Å²) in [4.78, 5) is 22.8. The van der Waals surface area contributed by atoms with Gasteiger partial charge in [0.15, 0.2) is 24.8 Å². The third-order valence-electron chi connectivity index (χ3n) is 4.10. The van der Waals surface area contributed by atoms with Gasteiger partial charge in [-0.1, -0.05) is 0 Å². The van der Waals surface area contributed by atoms with Crippen LogP contribution in [0.4, 0.5) is 0 Å². The van der Waals surface area contributed by atoms with Crippen LogP contribution in [0, 0.1) is 0 Å². The van der Waals surface area contributed by atoms with E-state index in [1.807, 2.05) is 0 Å². The van der Waals surface area contributed by atoms with E-state index in [4.69, 9.17) is 23.7 Å². The fraction of sp³-hybridized carbons (Fsp3) is 0.867. The first-order chi connectivity index (χ1) is 12.1. The van der Waals surface area contributed by atoms with E-state index in [9.17, 15) is 30.0 Å². The van der Waals surface area contributed by atoms with Crippen LogP contribution in [0.1, 0.15) is 20.8 Å². The van der Waals surface area contributed by atoms with Gasteiger partial charge in [-0.25, -0.2) is 0 Å². The monoisotopic (exact) mass is 380 g/mol. The molecule has 0 aromatic heterocycles. The Labute approximate surface area is 149 Å². The van der Waals surface area contributed by atoms with E-state index in [1.165, 1.54) is 6.92 Å². The first-order valence-electron chi connectivity index (χ1n) is 8.11. The zero-order valence-corrected chi connectivity index (χ0v) is 14.5. The van der Waals surface area contributed by atoms with Gasteiger partial charge in [-0.3, -0.25) is 9.59 Å². The minimum absolute atomic E-state index is 0.299. The highest BCUT2D eigenvalue weighted by Crippen LogP contribution is 2.30. The number of hydrogen-bond donors (Lipinski definition) is 4. The molecule has 9 atom stereocenters. The third-order valence-corrected chi connectivity index (χ3v) is 4.10. The van der Waals surface area contributed by atoms with Gasteiger partial charge < -0.3 is 44.1 Å². The number of rotatable bonds is 4. The second-order valence-electron chi connectivity index (χ2n) is 6.23. The Bertz CT molecular complexity index is 512. The van der Waals surface area contributed by atoms with Crippen molar-refractivity contribution in [1.29, 1.82) is 0 Å². The van der Waals surface area contributed by atoms with Crippen LogP contribution in [0.25, 0.3) is 0 Å². The molecule has 2 rings (SSSR count). The number of ether oxygens (including phenoxy) is 5. The van der Waals surface area contributed by atoms with Gasteiger partial charge in [0.25, 0.3) is 0 Å². The van der Waals surface area contributed by atoms with E-state index >= 15 is 0 Å². The Hall–Kier alpha value is -1.34. The van der Waals surface area contributed by atoms with Gasteiger partial charge in [0.05, 0.1) is 12.7 Å². The van der Waals surface area contributed by atoms with Crippen molar-refractivity contribution in [2.75, 3.05) is 6.61 Å². The van der Waals surface area contributed by atoms with Crippen LogP contribution in [-0.2, 0) is 33.3 Å². The maximum Gasteiger partial charge on any atom is 0.303 e. The first kappa shape index (κ1) is 21.0. The molecule has 0 unspecified atom stereocenters. The number of aliphatic hydroxyl groups is 4. The summed E-state index contributed by atoms with van der Waals surface area (Å²) in [6.45, 7) is 3.39. The van der Waals surface area contributed by atoms with Gasteiger partial charge >= 0.3 is 11.9 Å². The molecule has 2 fully saturated rings. The average molecular weight is 380 g/mol. The summed E-state index contributed by atoms with van der Waals surface area (Å²) in [6, 6.07) is 0. The highest BCUT2D eigenvalue weighted by atomic mass is 16.7. The van der Waals surface area contributed by atoms with Gasteiger partial charge in [0, 0.05) is 13.8 Å². The normalized spacial score (nSPS) is 43.6. The molecule has 0 saturated carbocycles. The molecule has 26 heavy (non-hydrogen) atoms. The Morgan fingerprint density at radius 2 is 1.50 bits per heavy atom. The quantitative estimate of drug-likeness (QED) is 0.379. The maximum absolute atomic E-state index is 11.4. The van der Waals surface area contributed by atoms with E-state index in [0.29, 0.717) is 0 Å². The Morgan fingerprint density at radius 1 is 0.923 bits per heavy atom. The average Bonchev–Trinajstić information content (AvgIpc) is 2.54. The van der Waals surface area contributed by atoms with E-state index in [0.717, 1.165) is 13.8 Å². The zero-order chi connectivity index (χ0) is 19.6. The van der Waals surface area contributed by atoms with Crippen molar-refractivity contribution in [1.82, 2.24) is 0 Å². The molecule has 0 aromatic rings. The fourth-order valence-corrected chi connectivity index (χ4v) is 2.82. The lowest BCUT2D eigenvalue weighted by Crippen LogP contribution is -2.63. The van der Waals surface area contributed by atoms with Crippen LogP contribution < -0.4 is 0 Å². The topological polar surface area (TPSA) is 161 Å². The molecule has 11 heteroatoms. The molecule has 2 saturated heterocycles. The molecule has 0 aromatic carbocycles. The number of hydrogen-bond acceptors (Lipinski definition) is 11. The SMILES string of the molecule is CC(=O)O[C@@H]1[C@@H](O)[C@H](C)O[C@@H](O[C@@H]2[C@@H](O)[C@@H](O)CO[C@H]2O)[C@@H]1OC(C)=O. The molecule has 2 heterocycles. The summed E-state index contributed by atoms with van der Waals surface area (Å²) in [5.74, 6) is -1.48. The van der Waals surface area contributed by atoms with Crippen molar-refractivity contribution >= 4 is 11.9 Å². The molecule has 0 aliphatic carbocycles. The van der Waals surface area contributed by atoms with Crippen LogP contribution in [0.2, 0.25) is 0 Å². The molecule has 0 radical (unpaired) electrons. The highest BCUT2D eigenvalue weighted by molar-refractivity contribution is 5.67. The third kappa shape index (κ3) is 4.68. The summed E-state index contributed by atoms with van der Waals surface area (Å²) in [7, 11) is 0. The molecular formula is C15H24O11. The van der Waals surface area contributed by atoms with E-state index in [2.05, 4.69) is 0 Å². The minimum atomic E-state index is -1.58. The molecule has 0 amide bonds. The van der Waals surface area contributed by atoms with Gasteiger partial charge in [0.2, 0.25) is 0 Å². The Balaban J connectivity index is 2.24. The van der Waals surface area contributed by atoms with E-state index < -0.39 is 67.2 Å². The number of carbonyl (C=O) groups is 2. The molecule has 0 bridgehead atoms. The predicted molar refractivity (Wildman–Crippen MR) is 80.3 cm³/mol. The summed E-state index contributed by atoms with van der Waals surface area (Å²) in [5.41, 5.74) is 0. The van der Waals surface area contributed by atoms with Crippen LogP contribution in [0.15, 0.2) is 0 Å². The van der Waals surface area contributed by atoms with Crippen LogP contribution >= 0.6 is 0 Å². The van der Waals surface area contributed by atoms with E-state index in [1.54, 1.807) is 0 Å². The molecular weight excluding hydrogens is 356 g/mol. The van der Waals surface area contributed by atoms with Crippen LogP contribution in [0.3, 0.4) is 0 Å². The highest BCUT2D eigenvalue weighted by Gasteiger charge is 2.51. The number of carbonyl (C=O) groups excluding carboxylic acids is 2. The van der Waals surface area contributed by atoms with Gasteiger partial charge in [-0.05, 0) is 6.92 Å². The maximum atomic E-state index is 11.4. The summed E-state index contributed by atoms with van der Waals surface area (Å²) in [6.07, 6.45) is -12.1. The van der Waals surface area contributed by atoms with Crippen LogP contribution in [0.5, 0.6) is 0 Å². The lowest BCUT2D eigenvalue weighted by molar-refractivity contribution is -0.349. The summed E-state index contributed by atoms with van der Waals surface area (Å²) >= 11 is 0. The molecule has 150 valence electrons. The van der Waals surface area contributed by atoms with Gasteiger partial charge in [-0.2, -0.15) is 0 Å². The first-order valence-corrected chi connectivity index (χ1v) is 8.11. The number of aliphatic hydroxyl groups excluding tert-OH is 4. The molecule has 2 aliphatic heterocycles. The van der Waals surface area contributed by atoms with Crippen molar-refractivity contribution in [3.63, 3.8) is 0 Å². The Morgan fingerprint density at radius 3 is 2.08 bits per heavy atom. The summed E-state index contributed by atoms with van der Waals surface area (Å²) < 4.78 is 26.0. The van der Waals surface area contributed by atoms with Crippen molar-refractivity contribution in [2.45, 2.75) is 76.1 Å². The van der Waals surface area contributed by atoms with Crippen molar-refractivity contribution in [3.05, 3.63) is 0 Å². The smallest absolute Gasteiger partial charge is 0.303 e. The van der Waals surface area contributed by atoms with Crippen molar-refractivity contribution < 1.29 is 53.7 Å². The number of esters is 2. The van der Waals surface area contributed by atoms with Gasteiger partial charge in [0.1, 0.15) is 24.4 Å². The largest absolute Gasteiger partial charge is 0.455 e. The lowest BCUT2D eigenvalue weighted by atomic mass is 9.98. The van der Waals surface area contributed by atoms with Crippen molar-refractivity contribution in [2.24, 2.45) is 0 Å². The zero-order valence-electron chi connectivity index (χ0n) is 14.5. The molecule has 2 aliphatic rings. The second-order valence-corrected chi connectivity index (χ2v) is 6.23. The van der Waals surface area contributed by atoms with Crippen molar-refractivity contribution in [3.8, 4) is 0 Å². The second kappa shape index (κ2) is 8.57. The molecule has 4 N–H and O–H groups in total. The van der Waals surface area contributed by atoms with E-state index in [-0.39, 0.29) is 6.61 Å². The fourth-order valence-electron chi connectivity index (χ4n) is 2.82. The Kier molecular flexibility index (Phi) is 6.91. The standard InChI is InChI=1S/C15H24O11/c1-5-9(19)11(24-6(2)16)13(25-7(3)17)15(23-5)26-12-10(20)8(18)4-22-14(12)21/h5,8-15,18-21H,4H2,1-3H3/t5-,8-,9-,10-,11+,12+,13+,14+,15-/m0/s1. The lowest BCUT2D eigenvalue weighted by Gasteiger charge is -2.45. The van der Waals surface area contributed by atoms with Gasteiger partial charge in [-0.15, -0.1) is 0 Å². The molecule has 11 nitrogen and oxygen atoms in total.